The Labute approximate surface area is 130 Å². The van der Waals surface area contributed by atoms with Gasteiger partial charge in [0.15, 0.2) is 6.10 Å². The van der Waals surface area contributed by atoms with Crippen molar-refractivity contribution >= 4 is 5.97 Å². The molecule has 0 aromatic heterocycles. The lowest BCUT2D eigenvalue weighted by Crippen LogP contribution is -2.14. The third kappa shape index (κ3) is 3.46. The molecule has 116 valence electrons. The van der Waals surface area contributed by atoms with Crippen molar-refractivity contribution in [3.63, 3.8) is 0 Å². The molecular weight excluding hydrogens is 280 g/mol. The summed E-state index contributed by atoms with van der Waals surface area (Å²) in [7, 11) is 0. The fraction of sp³-hybridized carbons (Fsp3) is 0.278. The molecule has 0 spiro atoms. The lowest BCUT2D eigenvalue weighted by atomic mass is 9.98. The molecule has 1 unspecified atom stereocenters. The van der Waals surface area contributed by atoms with Crippen LogP contribution in [0.1, 0.15) is 33.9 Å². The van der Waals surface area contributed by atoms with Crippen molar-refractivity contribution in [1.29, 1.82) is 0 Å². The van der Waals surface area contributed by atoms with Crippen molar-refractivity contribution in [2.45, 2.75) is 33.5 Å². The highest BCUT2D eigenvalue weighted by atomic mass is 16.5. The number of aliphatic hydroxyl groups is 1. The molecule has 0 aliphatic heterocycles. The largest absolute Gasteiger partial charge is 0.489 e. The predicted molar refractivity (Wildman–Crippen MR) is 84.0 cm³/mol. The van der Waals surface area contributed by atoms with Crippen molar-refractivity contribution in [2.24, 2.45) is 0 Å². The molecular formula is C18H20O4. The molecule has 0 saturated heterocycles. The van der Waals surface area contributed by atoms with E-state index < -0.39 is 12.1 Å². The lowest BCUT2D eigenvalue weighted by molar-refractivity contribution is -0.147. The van der Waals surface area contributed by atoms with Gasteiger partial charge >= 0.3 is 5.97 Å². The molecule has 2 aromatic rings. The highest BCUT2D eigenvalue weighted by molar-refractivity contribution is 5.74. The Balaban J connectivity index is 2.29. The quantitative estimate of drug-likeness (QED) is 0.889. The number of aryl methyl sites for hydroxylation is 3. The summed E-state index contributed by atoms with van der Waals surface area (Å²) < 4.78 is 5.85. The number of rotatable bonds is 5. The normalized spacial score (nSPS) is 12.0. The van der Waals surface area contributed by atoms with E-state index in [1.807, 2.05) is 45.0 Å². The third-order valence-electron chi connectivity index (χ3n) is 3.69. The van der Waals surface area contributed by atoms with Gasteiger partial charge in [0, 0.05) is 0 Å². The van der Waals surface area contributed by atoms with Crippen molar-refractivity contribution in [2.75, 3.05) is 0 Å². The van der Waals surface area contributed by atoms with Crippen LogP contribution in [0.4, 0.5) is 0 Å². The number of aliphatic hydroxyl groups excluding tert-OH is 1. The second-order valence-electron chi connectivity index (χ2n) is 5.44. The van der Waals surface area contributed by atoms with Crippen LogP contribution in [0.5, 0.6) is 5.75 Å². The first kappa shape index (κ1) is 16.0. The van der Waals surface area contributed by atoms with Crippen LogP contribution in [0, 0.1) is 20.8 Å². The van der Waals surface area contributed by atoms with E-state index in [-0.39, 0.29) is 6.61 Å². The Morgan fingerprint density at radius 3 is 2.55 bits per heavy atom. The van der Waals surface area contributed by atoms with Gasteiger partial charge in [-0.1, -0.05) is 30.3 Å². The molecule has 2 aromatic carbocycles. The summed E-state index contributed by atoms with van der Waals surface area (Å²) in [5.41, 5.74) is 4.08. The van der Waals surface area contributed by atoms with E-state index in [1.165, 1.54) is 0 Å². The molecule has 2 N–H and O–H groups in total. The summed E-state index contributed by atoms with van der Waals surface area (Å²) in [6, 6.07) is 11.2. The van der Waals surface area contributed by atoms with Gasteiger partial charge in [-0.05, 0) is 54.7 Å². The van der Waals surface area contributed by atoms with E-state index in [9.17, 15) is 9.90 Å². The maximum absolute atomic E-state index is 11.0. The van der Waals surface area contributed by atoms with E-state index >= 15 is 0 Å². The van der Waals surface area contributed by atoms with E-state index in [2.05, 4.69) is 0 Å². The molecule has 0 fully saturated rings. The molecule has 22 heavy (non-hydrogen) atoms. The third-order valence-corrected chi connectivity index (χ3v) is 3.69. The van der Waals surface area contributed by atoms with Crippen molar-refractivity contribution < 1.29 is 19.7 Å². The SMILES string of the molecule is Cc1ccc(C)c(OCc2c(C)cccc2C(O)C(=O)O)c1. The number of carboxylic acids is 1. The molecule has 1 atom stereocenters. The standard InChI is InChI=1S/C18H20O4/c1-11-7-8-13(3)16(9-11)22-10-15-12(2)5-4-6-14(15)17(19)18(20)21/h4-9,17,19H,10H2,1-3H3,(H,20,21). The Hall–Kier alpha value is -2.33. The average molecular weight is 300 g/mol. The molecule has 0 radical (unpaired) electrons. The number of ether oxygens (including phenoxy) is 1. The van der Waals surface area contributed by atoms with Crippen molar-refractivity contribution in [3.8, 4) is 5.75 Å². The van der Waals surface area contributed by atoms with Gasteiger partial charge in [-0.15, -0.1) is 0 Å². The van der Waals surface area contributed by atoms with Gasteiger partial charge in [-0.3, -0.25) is 0 Å². The van der Waals surface area contributed by atoms with Gasteiger partial charge in [-0.2, -0.15) is 0 Å². The topological polar surface area (TPSA) is 66.8 Å². The number of benzene rings is 2. The Bertz CT molecular complexity index is 691. The van der Waals surface area contributed by atoms with Crippen LogP contribution in [-0.4, -0.2) is 16.2 Å². The second kappa shape index (κ2) is 6.62. The predicted octanol–water partition coefficient (Wildman–Crippen LogP) is 3.31. The van der Waals surface area contributed by atoms with E-state index in [4.69, 9.17) is 9.84 Å². The molecule has 4 heteroatoms. The summed E-state index contributed by atoms with van der Waals surface area (Å²) in [5, 5.41) is 18.9. The molecule has 0 bridgehead atoms. The minimum absolute atomic E-state index is 0.219. The Morgan fingerprint density at radius 2 is 1.86 bits per heavy atom. The minimum Gasteiger partial charge on any atom is -0.489 e. The summed E-state index contributed by atoms with van der Waals surface area (Å²) >= 11 is 0. The van der Waals surface area contributed by atoms with Gasteiger partial charge in [0.1, 0.15) is 12.4 Å². The fourth-order valence-corrected chi connectivity index (χ4v) is 2.32. The molecule has 0 heterocycles. The van der Waals surface area contributed by atoms with E-state index in [0.29, 0.717) is 11.1 Å². The monoisotopic (exact) mass is 300 g/mol. The molecule has 0 amide bonds. The Kier molecular flexibility index (Phi) is 4.83. The summed E-state index contributed by atoms with van der Waals surface area (Å²) in [6.45, 7) is 6.04. The summed E-state index contributed by atoms with van der Waals surface area (Å²) in [6.07, 6.45) is -1.54. The zero-order valence-electron chi connectivity index (χ0n) is 13.0. The number of carboxylic acid groups (broad SMARTS) is 1. The first-order valence-corrected chi connectivity index (χ1v) is 7.09. The van der Waals surface area contributed by atoms with E-state index in [0.717, 1.165) is 22.4 Å². The fourth-order valence-electron chi connectivity index (χ4n) is 2.32. The van der Waals surface area contributed by atoms with Gasteiger partial charge < -0.3 is 14.9 Å². The molecule has 0 aliphatic carbocycles. The van der Waals surface area contributed by atoms with Crippen molar-refractivity contribution in [1.82, 2.24) is 0 Å². The molecule has 0 aliphatic rings. The summed E-state index contributed by atoms with van der Waals surface area (Å²) in [5.74, 6) is -0.502. The maximum Gasteiger partial charge on any atom is 0.337 e. The van der Waals surface area contributed by atoms with Crippen LogP contribution in [0.2, 0.25) is 0 Å². The van der Waals surface area contributed by atoms with Crippen LogP contribution in [-0.2, 0) is 11.4 Å². The van der Waals surface area contributed by atoms with Crippen LogP contribution in [0.3, 0.4) is 0 Å². The van der Waals surface area contributed by atoms with Gasteiger partial charge in [0.2, 0.25) is 0 Å². The number of carbonyl (C=O) groups is 1. The van der Waals surface area contributed by atoms with Gasteiger partial charge in [0.25, 0.3) is 0 Å². The minimum atomic E-state index is -1.54. The van der Waals surface area contributed by atoms with E-state index in [1.54, 1.807) is 12.1 Å². The molecule has 2 rings (SSSR count). The number of hydrogen-bond donors (Lipinski definition) is 2. The first-order valence-electron chi connectivity index (χ1n) is 7.09. The Morgan fingerprint density at radius 1 is 1.14 bits per heavy atom. The van der Waals surface area contributed by atoms with Crippen LogP contribution >= 0.6 is 0 Å². The van der Waals surface area contributed by atoms with Gasteiger partial charge in [-0.25, -0.2) is 4.79 Å². The zero-order valence-corrected chi connectivity index (χ0v) is 13.0. The van der Waals surface area contributed by atoms with Crippen molar-refractivity contribution in [3.05, 3.63) is 64.2 Å². The first-order chi connectivity index (χ1) is 10.4. The number of hydrogen-bond acceptors (Lipinski definition) is 3. The molecule has 4 nitrogen and oxygen atoms in total. The second-order valence-corrected chi connectivity index (χ2v) is 5.44. The maximum atomic E-state index is 11.0. The lowest BCUT2D eigenvalue weighted by Gasteiger charge is -2.17. The highest BCUT2D eigenvalue weighted by Crippen LogP contribution is 2.25. The van der Waals surface area contributed by atoms with Gasteiger partial charge in [0.05, 0.1) is 0 Å². The zero-order chi connectivity index (χ0) is 16.3. The van der Waals surface area contributed by atoms with Crippen LogP contribution in [0.15, 0.2) is 36.4 Å². The smallest absolute Gasteiger partial charge is 0.337 e. The number of aliphatic carboxylic acids is 1. The molecule has 0 saturated carbocycles. The van der Waals surface area contributed by atoms with Crippen LogP contribution in [0.25, 0.3) is 0 Å². The van der Waals surface area contributed by atoms with Crippen LogP contribution < -0.4 is 4.74 Å². The highest BCUT2D eigenvalue weighted by Gasteiger charge is 2.20. The average Bonchev–Trinajstić information content (AvgIpc) is 2.48. The summed E-state index contributed by atoms with van der Waals surface area (Å²) in [4.78, 5) is 11.0.